The summed E-state index contributed by atoms with van der Waals surface area (Å²) >= 11 is 0. The van der Waals surface area contributed by atoms with E-state index in [1.807, 2.05) is 18.2 Å². The Balaban J connectivity index is 1.33. The van der Waals surface area contributed by atoms with E-state index in [2.05, 4.69) is 4.98 Å². The molecule has 1 aromatic carbocycles. The Bertz CT molecular complexity index is 1100. The van der Waals surface area contributed by atoms with Crippen LogP contribution in [0.15, 0.2) is 52.0 Å². The van der Waals surface area contributed by atoms with Gasteiger partial charge in [0.25, 0.3) is 0 Å². The molecule has 1 saturated heterocycles. The maximum Gasteiger partial charge on any atom is 0.243 e. The maximum absolute atomic E-state index is 13.0. The Kier molecular flexibility index (Phi) is 3.94. The van der Waals surface area contributed by atoms with Gasteiger partial charge in [-0.3, -0.25) is 0 Å². The van der Waals surface area contributed by atoms with Crippen molar-refractivity contribution in [3.8, 4) is 5.75 Å². The molecule has 6 nitrogen and oxygen atoms in total. The quantitative estimate of drug-likeness (QED) is 0.693. The van der Waals surface area contributed by atoms with Crippen LogP contribution >= 0.6 is 0 Å². The zero-order valence-corrected chi connectivity index (χ0v) is 15.6. The first-order valence-corrected chi connectivity index (χ1v) is 10.7. The van der Waals surface area contributed by atoms with Crippen molar-refractivity contribution in [3.05, 3.63) is 53.9 Å². The summed E-state index contributed by atoms with van der Waals surface area (Å²) in [6, 6.07) is 11.0. The van der Waals surface area contributed by atoms with E-state index < -0.39 is 10.0 Å². The molecule has 2 aliphatic heterocycles. The summed E-state index contributed by atoms with van der Waals surface area (Å²) in [6.07, 6.45) is 3.94. The first kappa shape index (κ1) is 16.8. The van der Waals surface area contributed by atoms with Gasteiger partial charge >= 0.3 is 0 Å². The van der Waals surface area contributed by atoms with E-state index >= 15 is 0 Å². The van der Waals surface area contributed by atoms with E-state index in [0.717, 1.165) is 47.4 Å². The molecule has 5 rings (SSSR count). The molecule has 0 bridgehead atoms. The predicted molar refractivity (Wildman–Crippen MR) is 100 cm³/mol. The Morgan fingerprint density at radius 2 is 1.93 bits per heavy atom. The number of aromatic nitrogens is 1. The van der Waals surface area contributed by atoms with E-state index in [-0.39, 0.29) is 5.92 Å². The Hall–Kier alpha value is -2.38. The number of sulfonamides is 1. The van der Waals surface area contributed by atoms with Crippen molar-refractivity contribution in [1.29, 1.82) is 0 Å². The second-order valence-electron chi connectivity index (χ2n) is 7.09. The van der Waals surface area contributed by atoms with E-state index in [9.17, 15) is 8.42 Å². The number of pyridine rings is 1. The normalized spacial score (nSPS) is 18.5. The largest absolute Gasteiger partial charge is 0.493 e. The molecule has 0 amide bonds. The highest BCUT2D eigenvalue weighted by atomic mass is 32.2. The molecule has 0 N–H and O–H groups in total. The van der Waals surface area contributed by atoms with Gasteiger partial charge in [0.05, 0.1) is 17.8 Å². The second-order valence-corrected chi connectivity index (χ2v) is 9.02. The number of hydrogen-bond acceptors (Lipinski definition) is 5. The zero-order valence-electron chi connectivity index (χ0n) is 14.8. The second kappa shape index (κ2) is 6.35. The Labute approximate surface area is 157 Å². The van der Waals surface area contributed by atoms with E-state index in [1.165, 1.54) is 0 Å². The van der Waals surface area contributed by atoms with Gasteiger partial charge in [-0.1, -0.05) is 0 Å². The monoisotopic (exact) mass is 384 g/mol. The van der Waals surface area contributed by atoms with Gasteiger partial charge in [0.1, 0.15) is 11.3 Å². The minimum Gasteiger partial charge on any atom is -0.493 e. The third kappa shape index (κ3) is 2.91. The number of fused-ring (bicyclic) bond motifs is 2. The van der Waals surface area contributed by atoms with E-state index in [4.69, 9.17) is 9.15 Å². The molecule has 140 valence electrons. The van der Waals surface area contributed by atoms with E-state index in [0.29, 0.717) is 24.6 Å². The SMILES string of the molecule is O=S(=O)(c1ccc2c(c1)CCO2)N1CCC(c2ccc3occc3n2)CC1. The summed E-state index contributed by atoms with van der Waals surface area (Å²) in [7, 11) is -3.47. The molecule has 0 radical (unpaired) electrons. The third-order valence-corrected chi connectivity index (χ3v) is 7.39. The molecule has 0 saturated carbocycles. The smallest absolute Gasteiger partial charge is 0.243 e. The number of ether oxygens (including phenoxy) is 1. The molecule has 27 heavy (non-hydrogen) atoms. The molecule has 7 heteroatoms. The molecule has 0 spiro atoms. The number of furan rings is 1. The van der Waals surface area contributed by atoms with Crippen LogP contribution in [0, 0.1) is 0 Å². The minimum atomic E-state index is -3.47. The zero-order chi connectivity index (χ0) is 18.4. The molecule has 2 aromatic heterocycles. The van der Waals surface area contributed by atoms with Crippen LogP contribution < -0.4 is 4.74 Å². The van der Waals surface area contributed by atoms with Gasteiger partial charge in [-0.05, 0) is 48.7 Å². The highest BCUT2D eigenvalue weighted by Gasteiger charge is 2.31. The van der Waals surface area contributed by atoms with Crippen molar-refractivity contribution in [2.45, 2.75) is 30.1 Å². The lowest BCUT2D eigenvalue weighted by Gasteiger charge is -2.31. The molecule has 2 aliphatic rings. The predicted octanol–water partition coefficient (Wildman–Crippen LogP) is 3.33. The lowest BCUT2D eigenvalue weighted by Crippen LogP contribution is -2.38. The third-order valence-electron chi connectivity index (χ3n) is 5.50. The number of piperidine rings is 1. The first-order chi connectivity index (χ1) is 13.1. The molecular weight excluding hydrogens is 364 g/mol. The van der Waals surface area contributed by atoms with Crippen LogP contribution in [-0.2, 0) is 16.4 Å². The maximum atomic E-state index is 13.0. The van der Waals surface area contributed by atoms with Crippen molar-refractivity contribution in [2.24, 2.45) is 0 Å². The van der Waals surface area contributed by atoms with Crippen LogP contribution in [0.4, 0.5) is 0 Å². The summed E-state index contributed by atoms with van der Waals surface area (Å²) in [6.45, 7) is 1.63. The summed E-state index contributed by atoms with van der Waals surface area (Å²) in [4.78, 5) is 5.03. The van der Waals surface area contributed by atoms with Crippen LogP contribution in [0.3, 0.4) is 0 Å². The van der Waals surface area contributed by atoms with Crippen LogP contribution in [0.5, 0.6) is 5.75 Å². The molecular formula is C20H20N2O4S. The summed E-state index contributed by atoms with van der Waals surface area (Å²) in [5, 5.41) is 0. The fourth-order valence-electron chi connectivity index (χ4n) is 3.96. The van der Waals surface area contributed by atoms with Crippen molar-refractivity contribution >= 4 is 21.1 Å². The molecule has 1 fully saturated rings. The van der Waals surface area contributed by atoms with Crippen molar-refractivity contribution < 1.29 is 17.6 Å². The first-order valence-electron chi connectivity index (χ1n) is 9.21. The highest BCUT2D eigenvalue weighted by molar-refractivity contribution is 7.89. The average molecular weight is 384 g/mol. The van der Waals surface area contributed by atoms with Crippen LogP contribution in [0.25, 0.3) is 11.1 Å². The number of rotatable bonds is 3. The molecule has 3 aromatic rings. The Morgan fingerprint density at radius 1 is 1.07 bits per heavy atom. The number of benzene rings is 1. The fraction of sp³-hybridized carbons (Fsp3) is 0.350. The van der Waals surface area contributed by atoms with Crippen LogP contribution in [0.2, 0.25) is 0 Å². The Morgan fingerprint density at radius 3 is 2.78 bits per heavy atom. The van der Waals surface area contributed by atoms with Gasteiger partial charge in [-0.2, -0.15) is 4.31 Å². The lowest BCUT2D eigenvalue weighted by molar-refractivity contribution is 0.317. The molecule has 0 aliphatic carbocycles. The topological polar surface area (TPSA) is 72.6 Å². The number of nitrogens with zero attached hydrogens (tertiary/aromatic N) is 2. The standard InChI is InChI=1S/C20H20N2O4S/c23-27(24,16-1-3-19-15(13-16)7-11-25-19)22-9-5-14(6-10-22)17-2-4-20-18(21-17)8-12-26-20/h1-4,8,12-14H,5-7,9-11H2. The van der Waals surface area contributed by atoms with Crippen LogP contribution in [-0.4, -0.2) is 37.4 Å². The fourth-order valence-corrected chi connectivity index (χ4v) is 5.48. The highest BCUT2D eigenvalue weighted by Crippen LogP contribution is 2.33. The summed E-state index contributed by atoms with van der Waals surface area (Å²) < 4.78 is 38.5. The minimum absolute atomic E-state index is 0.268. The van der Waals surface area contributed by atoms with Crippen molar-refractivity contribution in [2.75, 3.05) is 19.7 Å². The van der Waals surface area contributed by atoms with Gasteiger partial charge in [0, 0.05) is 37.2 Å². The number of hydrogen-bond donors (Lipinski definition) is 0. The van der Waals surface area contributed by atoms with Gasteiger partial charge in [-0.15, -0.1) is 0 Å². The molecule has 4 heterocycles. The molecule has 0 unspecified atom stereocenters. The van der Waals surface area contributed by atoms with Gasteiger partial charge in [-0.25, -0.2) is 13.4 Å². The summed E-state index contributed by atoms with van der Waals surface area (Å²) in [5.74, 6) is 1.07. The summed E-state index contributed by atoms with van der Waals surface area (Å²) in [5.41, 5.74) is 3.61. The average Bonchev–Trinajstić information content (AvgIpc) is 3.35. The van der Waals surface area contributed by atoms with Gasteiger partial charge in [0.15, 0.2) is 5.58 Å². The van der Waals surface area contributed by atoms with Crippen molar-refractivity contribution in [3.63, 3.8) is 0 Å². The van der Waals surface area contributed by atoms with Crippen LogP contribution in [0.1, 0.15) is 30.0 Å². The van der Waals surface area contributed by atoms with Gasteiger partial charge in [0.2, 0.25) is 10.0 Å². The van der Waals surface area contributed by atoms with Crippen molar-refractivity contribution in [1.82, 2.24) is 9.29 Å². The molecule has 0 atom stereocenters. The van der Waals surface area contributed by atoms with Gasteiger partial charge < -0.3 is 9.15 Å². The van der Waals surface area contributed by atoms with E-state index in [1.54, 1.807) is 28.8 Å². The lowest BCUT2D eigenvalue weighted by atomic mass is 9.94.